The molecule has 8 aliphatic rings. The summed E-state index contributed by atoms with van der Waals surface area (Å²) >= 11 is 0. The van der Waals surface area contributed by atoms with Crippen molar-refractivity contribution in [3.63, 3.8) is 0 Å². The number of ether oxygens (including phenoxy) is 6. The Hall–Kier alpha value is -2.03. The van der Waals surface area contributed by atoms with Gasteiger partial charge in [-0.05, 0) is 132 Å². The molecule has 40 heavy (non-hydrogen) atoms. The van der Waals surface area contributed by atoms with Crippen LogP contribution in [0.4, 0.5) is 9.59 Å². The Kier molecular flexibility index (Phi) is 10.3. The van der Waals surface area contributed by atoms with Gasteiger partial charge in [0.15, 0.2) is 0 Å². The highest BCUT2D eigenvalue weighted by Gasteiger charge is 2.51. The predicted octanol–water partition coefficient (Wildman–Crippen LogP) is 6.16. The molecule has 8 saturated carbocycles. The lowest BCUT2D eigenvalue weighted by Gasteiger charge is -2.53. The Bertz CT molecular complexity index is 823. The lowest BCUT2D eigenvalue weighted by Crippen LogP contribution is -2.50. The number of esters is 1. The maximum Gasteiger partial charge on any atom is 0.508 e. The first-order valence-electron chi connectivity index (χ1n) is 15.2. The van der Waals surface area contributed by atoms with Crippen molar-refractivity contribution < 1.29 is 42.8 Å². The first-order chi connectivity index (χ1) is 19.0. The summed E-state index contributed by atoms with van der Waals surface area (Å²) in [7, 11) is 4.21. The summed E-state index contributed by atoms with van der Waals surface area (Å²) in [6.45, 7) is 5.44. The first kappa shape index (κ1) is 30.9. The third-order valence-corrected chi connectivity index (χ3v) is 9.77. The number of methoxy groups -OCH3 is 3. The largest absolute Gasteiger partial charge is 0.508 e. The Balaban J connectivity index is 0.000000145. The summed E-state index contributed by atoms with van der Waals surface area (Å²) in [5.41, 5.74) is -0.451. The van der Waals surface area contributed by atoms with Crippen LogP contribution >= 0.6 is 0 Å². The highest BCUT2D eigenvalue weighted by Crippen LogP contribution is 2.55. The Morgan fingerprint density at radius 2 is 0.950 bits per heavy atom. The molecule has 0 atom stereocenters. The molecule has 0 radical (unpaired) electrons. The molecule has 0 aromatic rings. The molecule has 0 N–H and O–H groups in total. The van der Waals surface area contributed by atoms with Gasteiger partial charge in [0, 0.05) is 7.11 Å². The minimum absolute atomic E-state index is 0.1000. The van der Waals surface area contributed by atoms with Crippen molar-refractivity contribution in [1.29, 1.82) is 0 Å². The number of carbonyl (C=O) groups excluding carboxylic acids is 3. The normalized spacial score (nSPS) is 37.8. The van der Waals surface area contributed by atoms with Gasteiger partial charge in [-0.2, -0.15) is 0 Å². The van der Waals surface area contributed by atoms with E-state index in [2.05, 4.69) is 9.47 Å². The second-order valence-corrected chi connectivity index (χ2v) is 14.0. The standard InChI is InChI=1S/C13H20O3.C12H18O3.C6H12O3/c1-15-7-12(14)16-13-10-3-8-2-9(5-10)6-11(13)4-8;1-14-12(13)15-11-9-3-7-2-8(5-9)6-10(11)4-7;1-6(2,3)9-5(7)8-4/h8-11,13H,2-7H2,1H3;7-11H,2-6H2,1H3;1-4H3. The molecule has 0 saturated heterocycles. The lowest BCUT2D eigenvalue weighted by atomic mass is 9.55. The minimum atomic E-state index is -0.637. The molecule has 0 aliphatic heterocycles. The van der Waals surface area contributed by atoms with Gasteiger partial charge in [-0.15, -0.1) is 0 Å². The second-order valence-electron chi connectivity index (χ2n) is 14.0. The molecule has 228 valence electrons. The fourth-order valence-corrected chi connectivity index (χ4v) is 8.89. The van der Waals surface area contributed by atoms with Crippen LogP contribution in [0.15, 0.2) is 0 Å². The van der Waals surface area contributed by atoms with Gasteiger partial charge in [0.1, 0.15) is 24.4 Å². The van der Waals surface area contributed by atoms with Gasteiger partial charge in [0.05, 0.1) is 14.2 Å². The highest BCUT2D eigenvalue weighted by atomic mass is 16.7. The molecule has 0 spiro atoms. The monoisotopic (exact) mass is 566 g/mol. The summed E-state index contributed by atoms with van der Waals surface area (Å²) in [5, 5.41) is 0. The van der Waals surface area contributed by atoms with Gasteiger partial charge in [-0.3, -0.25) is 0 Å². The van der Waals surface area contributed by atoms with E-state index in [-0.39, 0.29) is 24.8 Å². The van der Waals surface area contributed by atoms with E-state index in [1.54, 1.807) is 20.8 Å². The third-order valence-electron chi connectivity index (χ3n) is 9.77. The van der Waals surface area contributed by atoms with Crippen LogP contribution in [0.5, 0.6) is 0 Å². The SMILES string of the molecule is COC(=O)OC(C)(C)C.COC(=O)OC1C2CC3CC(C2)CC1C3.COCC(=O)OC1C2CC3CC(C2)CC1C3. The molecular weight excluding hydrogens is 516 g/mol. The average molecular weight is 567 g/mol. The summed E-state index contributed by atoms with van der Waals surface area (Å²) < 4.78 is 29.4. The van der Waals surface area contributed by atoms with E-state index in [9.17, 15) is 14.4 Å². The second kappa shape index (κ2) is 13.3. The quantitative estimate of drug-likeness (QED) is 0.292. The van der Waals surface area contributed by atoms with E-state index < -0.39 is 17.9 Å². The number of hydrogen-bond acceptors (Lipinski definition) is 9. The van der Waals surface area contributed by atoms with Crippen LogP contribution in [0.1, 0.15) is 85.0 Å². The maximum absolute atomic E-state index is 11.5. The van der Waals surface area contributed by atoms with Crippen molar-refractivity contribution in [2.24, 2.45) is 47.3 Å². The van der Waals surface area contributed by atoms with Crippen molar-refractivity contribution in [2.75, 3.05) is 27.9 Å². The summed E-state index contributed by atoms with van der Waals surface area (Å²) in [5.74, 6) is 6.07. The molecule has 0 aromatic carbocycles. The zero-order valence-corrected chi connectivity index (χ0v) is 25.2. The van der Waals surface area contributed by atoms with Crippen LogP contribution in [-0.4, -0.2) is 64.0 Å². The zero-order chi connectivity index (χ0) is 29.0. The van der Waals surface area contributed by atoms with Gasteiger partial charge >= 0.3 is 18.3 Å². The van der Waals surface area contributed by atoms with Crippen molar-refractivity contribution >= 4 is 18.3 Å². The molecule has 8 fully saturated rings. The third kappa shape index (κ3) is 8.04. The van der Waals surface area contributed by atoms with Gasteiger partial charge in [-0.25, -0.2) is 14.4 Å². The van der Waals surface area contributed by atoms with Gasteiger partial charge < -0.3 is 28.4 Å². The van der Waals surface area contributed by atoms with Crippen molar-refractivity contribution in [3.8, 4) is 0 Å². The Labute approximate surface area is 239 Å². The predicted molar refractivity (Wildman–Crippen MR) is 146 cm³/mol. The van der Waals surface area contributed by atoms with Gasteiger partial charge in [0.25, 0.3) is 0 Å². The molecule has 0 unspecified atom stereocenters. The first-order valence-corrected chi connectivity index (χ1v) is 15.2. The highest BCUT2D eigenvalue weighted by molar-refractivity contribution is 5.71. The molecule has 9 heteroatoms. The Morgan fingerprint density at radius 3 is 1.25 bits per heavy atom. The van der Waals surface area contributed by atoms with E-state index in [0.29, 0.717) is 23.7 Å². The molecule has 9 nitrogen and oxygen atoms in total. The van der Waals surface area contributed by atoms with E-state index >= 15 is 0 Å². The maximum atomic E-state index is 11.5. The fourth-order valence-electron chi connectivity index (χ4n) is 8.89. The molecule has 8 aliphatic carbocycles. The van der Waals surface area contributed by atoms with Crippen LogP contribution in [0.2, 0.25) is 0 Å². The van der Waals surface area contributed by atoms with Gasteiger partial charge in [0.2, 0.25) is 0 Å². The number of hydrogen-bond donors (Lipinski definition) is 0. The Morgan fingerprint density at radius 1 is 0.575 bits per heavy atom. The average Bonchev–Trinajstić information content (AvgIpc) is 2.87. The van der Waals surface area contributed by atoms with E-state index in [1.165, 1.54) is 85.5 Å². The van der Waals surface area contributed by atoms with E-state index in [4.69, 9.17) is 18.9 Å². The molecule has 0 amide bonds. The fraction of sp³-hybridized carbons (Fsp3) is 0.903. The summed E-state index contributed by atoms with van der Waals surface area (Å²) in [6.07, 6.45) is 12.3. The molecule has 8 rings (SSSR count). The van der Waals surface area contributed by atoms with Crippen molar-refractivity contribution in [1.82, 2.24) is 0 Å². The minimum Gasteiger partial charge on any atom is -0.460 e. The number of rotatable bonds is 4. The van der Waals surface area contributed by atoms with Crippen LogP contribution in [0.25, 0.3) is 0 Å². The topological polar surface area (TPSA) is 107 Å². The van der Waals surface area contributed by atoms with Crippen molar-refractivity contribution in [3.05, 3.63) is 0 Å². The van der Waals surface area contributed by atoms with Crippen LogP contribution in [-0.2, 0) is 33.2 Å². The van der Waals surface area contributed by atoms with Gasteiger partial charge in [-0.1, -0.05) is 0 Å². The smallest absolute Gasteiger partial charge is 0.460 e. The summed E-state index contributed by atoms with van der Waals surface area (Å²) in [6, 6.07) is 0. The molecule has 0 heterocycles. The van der Waals surface area contributed by atoms with E-state index in [1.807, 2.05) is 0 Å². The lowest BCUT2D eigenvalue weighted by molar-refractivity contribution is -0.174. The molecule has 8 bridgehead atoms. The van der Waals surface area contributed by atoms with Crippen molar-refractivity contribution in [2.45, 2.75) is 103 Å². The molecular formula is C31H50O9. The van der Waals surface area contributed by atoms with Crippen LogP contribution in [0, 0.1) is 47.3 Å². The summed E-state index contributed by atoms with van der Waals surface area (Å²) in [4.78, 5) is 33.0. The van der Waals surface area contributed by atoms with Crippen LogP contribution in [0.3, 0.4) is 0 Å². The number of carbonyl (C=O) groups is 3. The zero-order valence-electron chi connectivity index (χ0n) is 25.2. The molecule has 0 aromatic heterocycles. The van der Waals surface area contributed by atoms with Crippen LogP contribution < -0.4 is 0 Å². The van der Waals surface area contributed by atoms with E-state index in [0.717, 1.165) is 23.7 Å².